The molecule has 4 aliphatic rings. The summed E-state index contributed by atoms with van der Waals surface area (Å²) in [5.41, 5.74) is 6.30. The molecule has 4 heterocycles. The predicted octanol–water partition coefficient (Wildman–Crippen LogP) is 4.16. The van der Waals surface area contributed by atoms with Gasteiger partial charge < -0.3 is 36.3 Å². The second-order valence-corrected chi connectivity index (χ2v) is 17.1. The molecule has 2 aliphatic heterocycles. The number of hydrogen-bond acceptors (Lipinski definition) is 15. The van der Waals surface area contributed by atoms with Gasteiger partial charge in [0.15, 0.2) is 0 Å². The Morgan fingerprint density at radius 2 is 1.10 bits per heavy atom. The van der Waals surface area contributed by atoms with Crippen LogP contribution in [0.1, 0.15) is 87.7 Å². The SMILES string of the molecule is N#C[C@@H](N)C[C@@H]1CCCC1=O.N#C[C@H](C[C@@H]1CCCC1=O)NC(=O)[C@@H]1CCc2ccc(NCC(=O)Oc3ccccc3)c(=O)n21.O=C(CNc1ccc2n(c1=O)[C@H](C(=O)O)CC2)Oc1ccccc1. The number of benzene rings is 2. The monoisotopic (exact) mass is 942 g/mol. The minimum atomic E-state index is -1.03. The average Bonchev–Trinajstić information content (AvgIpc) is 4.17. The number of aromatic nitrogens is 2. The molecule has 2 saturated carbocycles. The number of nitrogens with two attached hydrogens (primary N) is 1. The van der Waals surface area contributed by atoms with Crippen LogP contribution in [0, 0.1) is 34.5 Å². The first-order valence-corrected chi connectivity index (χ1v) is 22.9. The minimum absolute atomic E-state index is 0.0737. The van der Waals surface area contributed by atoms with Gasteiger partial charge in [-0.3, -0.25) is 33.1 Å². The van der Waals surface area contributed by atoms with E-state index in [9.17, 15) is 48.7 Å². The Balaban J connectivity index is 0.000000193. The highest BCUT2D eigenvalue weighted by molar-refractivity contribution is 5.84. The Kier molecular flexibility index (Phi) is 17.7. The van der Waals surface area contributed by atoms with Crippen molar-refractivity contribution in [3.05, 3.63) is 117 Å². The maximum atomic E-state index is 13.1. The fourth-order valence-electron chi connectivity index (χ4n) is 8.83. The summed E-state index contributed by atoms with van der Waals surface area (Å²) in [5.74, 6) is -1.42. The summed E-state index contributed by atoms with van der Waals surface area (Å²) in [4.78, 5) is 96.6. The van der Waals surface area contributed by atoms with Crippen molar-refractivity contribution in [3.63, 3.8) is 0 Å². The van der Waals surface area contributed by atoms with Gasteiger partial charge in [-0.2, -0.15) is 10.5 Å². The molecule has 0 unspecified atom stereocenters. The van der Waals surface area contributed by atoms with Crippen LogP contribution < -0.4 is 42.3 Å². The molecule has 0 saturated heterocycles. The number of carbonyl (C=O) groups excluding carboxylic acids is 5. The minimum Gasteiger partial charge on any atom is -0.480 e. The summed E-state index contributed by atoms with van der Waals surface area (Å²) in [6, 6.07) is 25.0. The molecule has 6 atom stereocenters. The lowest BCUT2D eigenvalue weighted by Crippen LogP contribution is -2.42. The van der Waals surface area contributed by atoms with Gasteiger partial charge in [0.1, 0.15) is 65.7 Å². The number of aliphatic carboxylic acids is 1. The number of Topliss-reactive ketones (excluding diaryl/α,β-unsaturated/α-hetero) is 2. The lowest BCUT2D eigenvalue weighted by atomic mass is 9.98. The van der Waals surface area contributed by atoms with E-state index in [0.29, 0.717) is 74.3 Å². The van der Waals surface area contributed by atoms with Crippen LogP contribution in [0.15, 0.2) is 94.5 Å². The summed E-state index contributed by atoms with van der Waals surface area (Å²) in [5, 5.41) is 35.3. The van der Waals surface area contributed by atoms with Crippen molar-refractivity contribution in [2.24, 2.45) is 17.6 Å². The highest BCUT2D eigenvalue weighted by Crippen LogP contribution is 2.29. The van der Waals surface area contributed by atoms with E-state index in [0.717, 1.165) is 25.7 Å². The molecule has 0 bridgehead atoms. The molecule has 2 aromatic heterocycles. The average molecular weight is 943 g/mol. The Morgan fingerprint density at radius 3 is 1.54 bits per heavy atom. The molecule has 2 aliphatic carbocycles. The quantitative estimate of drug-likeness (QED) is 0.0826. The van der Waals surface area contributed by atoms with Gasteiger partial charge in [-0.05, 0) is 113 Å². The van der Waals surface area contributed by atoms with Crippen LogP contribution in [0.25, 0.3) is 0 Å². The number of carbonyl (C=O) groups is 6. The van der Waals surface area contributed by atoms with Gasteiger partial charge in [-0.1, -0.05) is 36.4 Å². The van der Waals surface area contributed by atoms with Gasteiger partial charge in [0, 0.05) is 36.1 Å². The third-order valence-corrected chi connectivity index (χ3v) is 12.3. The maximum absolute atomic E-state index is 13.1. The number of pyridine rings is 2. The molecule has 69 heavy (non-hydrogen) atoms. The normalized spacial score (nSPS) is 19.3. The standard InChI is InChI=1S/C25H26N4O5.C17H16N2O5.C8H12N2O/c26-14-17(13-16-5-4-8-22(16)30)28-24(32)21-12-10-18-9-11-20(25(33)29(18)21)27-15-23(31)34-19-6-2-1-3-7-19;20-15(24-12-4-2-1-3-5-12)10-18-13-8-6-11-7-9-14(17(22)23)19(11)16(13)21;9-5-7(10)4-6-2-1-3-8(6)11/h1-3,6-7,9,11,16-17,21,27H,4-5,8,10,12-13,15H2,(H,28,32);1-6,8,14,18H,7,9-10H2,(H,22,23);6-7H,1-4,10H2/t16-,17-,21-;14-;6-,7-/m000/s1. The zero-order valence-electron chi connectivity index (χ0n) is 37.8. The fraction of sp³-hybridized carbons (Fsp3) is 0.400. The Labute approximate surface area is 397 Å². The predicted molar refractivity (Wildman–Crippen MR) is 250 cm³/mol. The van der Waals surface area contributed by atoms with Crippen LogP contribution in [0.2, 0.25) is 0 Å². The number of nitrogens with one attached hydrogen (secondary N) is 3. The molecule has 19 nitrogen and oxygen atoms in total. The van der Waals surface area contributed by atoms with Gasteiger partial charge in [0.25, 0.3) is 11.1 Å². The topological polar surface area (TPSA) is 295 Å². The number of aryl methyl sites for hydroxylation is 2. The number of ketones is 2. The maximum Gasteiger partial charge on any atom is 0.330 e. The Hall–Kier alpha value is -7.90. The number of ether oxygens (including phenoxy) is 2. The third-order valence-electron chi connectivity index (χ3n) is 12.3. The molecule has 2 aromatic carbocycles. The third kappa shape index (κ3) is 13.6. The number of para-hydroxylation sites is 2. The molecule has 8 rings (SSSR count). The van der Waals surface area contributed by atoms with Gasteiger partial charge in [0.05, 0.1) is 18.2 Å². The fourth-order valence-corrected chi connectivity index (χ4v) is 8.83. The van der Waals surface area contributed by atoms with E-state index in [1.54, 1.807) is 84.9 Å². The van der Waals surface area contributed by atoms with Crippen molar-refractivity contribution in [1.82, 2.24) is 14.5 Å². The number of esters is 2. The number of amides is 1. The highest BCUT2D eigenvalue weighted by atomic mass is 16.5. The first-order chi connectivity index (χ1) is 33.3. The molecular formula is C50H54N8O11. The van der Waals surface area contributed by atoms with E-state index in [-0.39, 0.29) is 47.9 Å². The summed E-state index contributed by atoms with van der Waals surface area (Å²) in [6.07, 6.45) is 7.41. The number of hydrogen-bond donors (Lipinski definition) is 5. The second kappa shape index (κ2) is 24.2. The lowest BCUT2D eigenvalue weighted by molar-refractivity contribution is -0.141. The van der Waals surface area contributed by atoms with E-state index in [1.165, 1.54) is 9.13 Å². The Bertz CT molecular complexity index is 2730. The zero-order valence-corrected chi connectivity index (χ0v) is 37.8. The largest absolute Gasteiger partial charge is 0.480 e. The van der Waals surface area contributed by atoms with Crippen molar-refractivity contribution >= 4 is 46.8 Å². The van der Waals surface area contributed by atoms with Crippen molar-refractivity contribution < 1.29 is 43.3 Å². The van der Waals surface area contributed by atoms with Crippen molar-refractivity contribution in [3.8, 4) is 23.6 Å². The van der Waals surface area contributed by atoms with E-state index >= 15 is 0 Å². The number of nitrogens with zero attached hydrogens (tertiary/aromatic N) is 4. The van der Waals surface area contributed by atoms with E-state index in [1.807, 2.05) is 6.07 Å². The number of carboxylic acids is 1. The van der Waals surface area contributed by atoms with E-state index in [2.05, 4.69) is 22.0 Å². The highest BCUT2D eigenvalue weighted by Gasteiger charge is 2.34. The summed E-state index contributed by atoms with van der Waals surface area (Å²) >= 11 is 0. The lowest BCUT2D eigenvalue weighted by Gasteiger charge is -2.20. The van der Waals surface area contributed by atoms with Gasteiger partial charge in [0.2, 0.25) is 5.91 Å². The smallest absolute Gasteiger partial charge is 0.330 e. The summed E-state index contributed by atoms with van der Waals surface area (Å²) in [7, 11) is 0. The van der Waals surface area contributed by atoms with Crippen LogP contribution in [-0.2, 0) is 41.6 Å². The van der Waals surface area contributed by atoms with Gasteiger partial charge >= 0.3 is 17.9 Å². The van der Waals surface area contributed by atoms with Crippen LogP contribution >= 0.6 is 0 Å². The second-order valence-electron chi connectivity index (χ2n) is 17.1. The van der Waals surface area contributed by atoms with Crippen molar-refractivity contribution in [2.75, 3.05) is 23.7 Å². The van der Waals surface area contributed by atoms with E-state index in [4.69, 9.17) is 20.5 Å². The van der Waals surface area contributed by atoms with Crippen LogP contribution in [0.5, 0.6) is 11.5 Å². The molecule has 0 spiro atoms. The molecule has 6 N–H and O–H groups in total. The van der Waals surface area contributed by atoms with E-state index < -0.39 is 59.1 Å². The molecule has 0 radical (unpaired) electrons. The molecule has 19 heteroatoms. The summed E-state index contributed by atoms with van der Waals surface area (Å²) < 4.78 is 13.0. The first kappa shape index (κ1) is 50.5. The number of anilines is 2. The number of fused-ring (bicyclic) bond motifs is 2. The molecule has 2 fully saturated rings. The zero-order chi connectivity index (χ0) is 49.5. The Morgan fingerprint density at radius 1 is 0.638 bits per heavy atom. The number of nitriles is 2. The summed E-state index contributed by atoms with van der Waals surface area (Å²) in [6.45, 7) is -0.409. The number of carboxylic acid groups (broad SMARTS) is 1. The first-order valence-electron chi connectivity index (χ1n) is 22.9. The van der Waals surface area contributed by atoms with Crippen LogP contribution in [-0.4, -0.2) is 74.8 Å². The molecular weight excluding hydrogens is 889 g/mol. The number of rotatable bonds is 15. The molecule has 4 aromatic rings. The molecule has 1 amide bonds. The van der Waals surface area contributed by atoms with Crippen LogP contribution in [0.3, 0.4) is 0 Å². The van der Waals surface area contributed by atoms with Gasteiger partial charge in [-0.15, -0.1) is 0 Å². The van der Waals surface area contributed by atoms with Crippen molar-refractivity contribution in [2.45, 2.75) is 101 Å². The molecule has 360 valence electrons. The van der Waals surface area contributed by atoms with Gasteiger partial charge in [-0.25, -0.2) is 14.4 Å². The van der Waals surface area contributed by atoms with Crippen molar-refractivity contribution in [1.29, 1.82) is 10.5 Å². The van der Waals surface area contributed by atoms with Crippen LogP contribution in [0.4, 0.5) is 11.4 Å².